The molecule has 6 heteroatoms. The van der Waals surface area contributed by atoms with Gasteiger partial charge in [0.2, 0.25) is 0 Å². The molecule has 1 aromatic carbocycles. The van der Waals surface area contributed by atoms with Gasteiger partial charge in [-0.3, -0.25) is 0 Å². The maximum absolute atomic E-state index is 11.6. The first-order valence-corrected chi connectivity index (χ1v) is 23.0. The summed E-state index contributed by atoms with van der Waals surface area (Å²) in [5.41, 5.74) is 13.6. The van der Waals surface area contributed by atoms with Gasteiger partial charge in [0.15, 0.2) is 0 Å². The van der Waals surface area contributed by atoms with Gasteiger partial charge in [-0.2, -0.15) is 0 Å². The minimum absolute atomic E-state index is 0.658. The summed E-state index contributed by atoms with van der Waals surface area (Å²) in [7, 11) is 0. The number of nitrogens with two attached hydrogens (primary N) is 2. The molecule has 0 aliphatic heterocycles. The first kappa shape index (κ1) is 48.8. The zero-order valence-corrected chi connectivity index (χ0v) is 35.1. The van der Waals surface area contributed by atoms with Gasteiger partial charge in [-0.05, 0) is 36.8 Å². The number of carbonyl (C=O) groups excluding carboxylic acids is 2. The second kappa shape index (κ2) is 36.7. The van der Waals surface area contributed by atoms with Crippen molar-refractivity contribution in [2.45, 2.75) is 251 Å². The number of aryl methyl sites for hydroxylation is 2. The second-order valence-electron chi connectivity index (χ2n) is 16.1. The number of unbranched alkanes of at least 4 members (excludes halogenated alkanes) is 32. The molecule has 1 aromatic rings. The van der Waals surface area contributed by atoms with E-state index in [1.807, 2.05) is 6.07 Å². The highest BCUT2D eigenvalue weighted by atomic mass is 16.7. The van der Waals surface area contributed by atoms with E-state index in [0.717, 1.165) is 37.7 Å². The van der Waals surface area contributed by atoms with Crippen molar-refractivity contribution in [2.75, 3.05) is 0 Å². The van der Waals surface area contributed by atoms with Crippen LogP contribution in [0.1, 0.15) is 255 Å². The fourth-order valence-corrected chi connectivity index (χ4v) is 7.72. The number of primary amides is 2. The predicted molar refractivity (Wildman–Crippen MR) is 226 cm³/mol. The van der Waals surface area contributed by atoms with Gasteiger partial charge in [-0.15, -0.1) is 0 Å². The average Bonchev–Trinajstić information content (AvgIpc) is 3.13. The van der Waals surface area contributed by atoms with Crippen LogP contribution in [-0.2, 0) is 22.3 Å². The van der Waals surface area contributed by atoms with Crippen molar-refractivity contribution in [1.82, 2.24) is 0 Å². The molecule has 0 unspecified atom stereocenters. The number of amides is 2. The number of benzene rings is 1. The van der Waals surface area contributed by atoms with Crippen molar-refractivity contribution < 1.29 is 19.1 Å². The van der Waals surface area contributed by atoms with Gasteiger partial charge in [0.05, 0.1) is 0 Å². The van der Waals surface area contributed by atoms with E-state index in [0.29, 0.717) is 5.56 Å². The molecule has 0 aliphatic rings. The lowest BCUT2D eigenvalue weighted by molar-refractivity contribution is -0.0583. The highest BCUT2D eigenvalue weighted by Gasteiger charge is 2.22. The highest BCUT2D eigenvalue weighted by molar-refractivity contribution is 5.67. The summed E-state index contributed by atoms with van der Waals surface area (Å²) in [5, 5.41) is 0. The zero-order valence-electron chi connectivity index (χ0n) is 35.1. The lowest BCUT2D eigenvalue weighted by Crippen LogP contribution is -2.25. The van der Waals surface area contributed by atoms with E-state index in [2.05, 4.69) is 26.0 Å². The fourth-order valence-electron chi connectivity index (χ4n) is 7.72. The van der Waals surface area contributed by atoms with Crippen LogP contribution in [0.15, 0.2) is 18.2 Å². The minimum Gasteiger partial charge on any atom is -0.405 e. The molecule has 0 fully saturated rings. The first-order valence-electron chi connectivity index (χ1n) is 23.0. The smallest absolute Gasteiger partial charge is 0.405 e. The lowest BCUT2D eigenvalue weighted by Gasteiger charge is -2.20. The van der Waals surface area contributed by atoms with Crippen molar-refractivity contribution in [3.05, 3.63) is 34.9 Å². The van der Waals surface area contributed by atoms with E-state index >= 15 is 0 Å². The Kier molecular flexibility index (Phi) is 33.8. The molecule has 6 nitrogen and oxygen atoms in total. The highest BCUT2D eigenvalue weighted by Crippen LogP contribution is 2.27. The molecule has 0 saturated heterocycles. The van der Waals surface area contributed by atoms with Crippen molar-refractivity contribution in [2.24, 2.45) is 11.5 Å². The minimum atomic E-state index is -1.22. The Morgan fingerprint density at radius 2 is 0.717 bits per heavy atom. The van der Waals surface area contributed by atoms with Gasteiger partial charge in [0, 0.05) is 5.56 Å². The quantitative estimate of drug-likeness (QED) is 0.0517. The van der Waals surface area contributed by atoms with Crippen LogP contribution < -0.4 is 11.5 Å². The van der Waals surface area contributed by atoms with Crippen LogP contribution in [0.5, 0.6) is 0 Å². The van der Waals surface area contributed by atoms with Gasteiger partial charge >= 0.3 is 12.2 Å². The van der Waals surface area contributed by atoms with E-state index in [1.54, 1.807) is 0 Å². The maximum atomic E-state index is 11.6. The monoisotopic (exact) mass is 743 g/mol. The van der Waals surface area contributed by atoms with Crippen molar-refractivity contribution in [3.8, 4) is 0 Å². The van der Waals surface area contributed by atoms with Crippen LogP contribution in [0.4, 0.5) is 9.59 Å². The summed E-state index contributed by atoms with van der Waals surface area (Å²) in [4.78, 5) is 23.2. The summed E-state index contributed by atoms with van der Waals surface area (Å²) in [6.45, 7) is 4.57. The Morgan fingerprint density at radius 3 is 1.02 bits per heavy atom. The summed E-state index contributed by atoms with van der Waals surface area (Å²) in [6.07, 6.45) is 44.7. The third-order valence-electron chi connectivity index (χ3n) is 11.0. The number of rotatable bonds is 39. The Labute approximate surface area is 328 Å². The molecule has 0 aromatic heterocycles. The molecule has 308 valence electrons. The number of carbonyl (C=O) groups is 2. The Bertz CT molecular complexity index is 967. The van der Waals surface area contributed by atoms with Crippen LogP contribution >= 0.6 is 0 Å². The molecule has 0 spiro atoms. The summed E-state index contributed by atoms with van der Waals surface area (Å²) in [5.74, 6) is 0. The molecule has 4 N–H and O–H groups in total. The summed E-state index contributed by atoms with van der Waals surface area (Å²) < 4.78 is 10.4. The molecule has 1 rings (SSSR count). The average molecular weight is 743 g/mol. The van der Waals surface area contributed by atoms with Crippen LogP contribution in [0, 0.1) is 0 Å². The molecular formula is C47H86N2O4. The SMILES string of the molecule is CCCCCCCCCCCCCCCCCCCc1ccc(C(OC(N)=O)OC(N)=O)c(CCCCCCCCCCCCCCCCCCC)c1. The largest absolute Gasteiger partial charge is 0.407 e. The van der Waals surface area contributed by atoms with Gasteiger partial charge in [-0.1, -0.05) is 238 Å². The molecule has 0 radical (unpaired) electrons. The second-order valence-corrected chi connectivity index (χ2v) is 16.1. The molecule has 0 saturated carbocycles. The van der Waals surface area contributed by atoms with Crippen molar-refractivity contribution >= 4 is 12.2 Å². The van der Waals surface area contributed by atoms with Crippen LogP contribution in [0.3, 0.4) is 0 Å². The molecule has 0 atom stereocenters. The van der Waals surface area contributed by atoms with E-state index in [1.165, 1.54) is 205 Å². The van der Waals surface area contributed by atoms with Gasteiger partial charge in [0.25, 0.3) is 6.29 Å². The van der Waals surface area contributed by atoms with Crippen molar-refractivity contribution in [3.63, 3.8) is 0 Å². The zero-order chi connectivity index (χ0) is 38.5. The summed E-state index contributed by atoms with van der Waals surface area (Å²) in [6, 6.07) is 6.18. The van der Waals surface area contributed by atoms with Gasteiger partial charge in [-0.25, -0.2) is 9.59 Å². The first-order chi connectivity index (χ1) is 26.0. The van der Waals surface area contributed by atoms with Crippen molar-refractivity contribution in [1.29, 1.82) is 0 Å². The standard InChI is InChI=1S/C47H86N2O4/c1-3-5-7-9-11-13-15-17-19-21-23-25-27-29-31-33-35-37-42-39-40-44(45(52-46(48)50)53-47(49)51)43(41-42)38-36-34-32-30-28-26-24-22-20-18-16-14-12-10-8-6-4-2/h39-41,45H,3-38H2,1-2H3,(H2,48,50)(H2,49,51). The maximum Gasteiger partial charge on any atom is 0.407 e. The third kappa shape index (κ3) is 30.7. The van der Waals surface area contributed by atoms with Gasteiger partial charge in [0.1, 0.15) is 0 Å². The molecule has 53 heavy (non-hydrogen) atoms. The predicted octanol–water partition coefficient (Wildman–Crippen LogP) is 15.3. The Balaban J connectivity index is 2.30. The van der Waals surface area contributed by atoms with E-state index in [9.17, 15) is 9.59 Å². The normalized spacial score (nSPS) is 11.4. The van der Waals surface area contributed by atoms with Crippen LogP contribution in [0.2, 0.25) is 0 Å². The van der Waals surface area contributed by atoms with E-state index in [-0.39, 0.29) is 0 Å². The molecule has 0 aliphatic carbocycles. The Morgan fingerprint density at radius 1 is 0.434 bits per heavy atom. The Hall–Kier alpha value is -2.24. The molecule has 2 amide bonds. The fraction of sp³-hybridized carbons (Fsp3) is 0.830. The lowest BCUT2D eigenvalue weighted by atomic mass is 9.95. The van der Waals surface area contributed by atoms with Gasteiger partial charge < -0.3 is 20.9 Å². The van der Waals surface area contributed by atoms with E-state index < -0.39 is 18.5 Å². The molecule has 0 bridgehead atoms. The topological polar surface area (TPSA) is 105 Å². The number of hydrogen-bond acceptors (Lipinski definition) is 4. The summed E-state index contributed by atoms with van der Waals surface area (Å²) >= 11 is 0. The molecular weight excluding hydrogens is 657 g/mol. The van der Waals surface area contributed by atoms with E-state index in [4.69, 9.17) is 20.9 Å². The van der Waals surface area contributed by atoms with Crippen LogP contribution in [0.25, 0.3) is 0 Å². The third-order valence-corrected chi connectivity index (χ3v) is 11.0. The number of ether oxygens (including phenoxy) is 2. The van der Waals surface area contributed by atoms with Crippen LogP contribution in [-0.4, -0.2) is 12.2 Å². The number of hydrogen-bond donors (Lipinski definition) is 2. The molecule has 0 heterocycles.